The minimum atomic E-state index is -3.58. The summed E-state index contributed by atoms with van der Waals surface area (Å²) >= 11 is 1.82. The normalized spacial score (nSPS) is 9.67. The number of nitrogens with zero attached hydrogens (tertiary/aromatic N) is 1. The van der Waals surface area contributed by atoms with E-state index in [0.717, 1.165) is 5.56 Å². The van der Waals surface area contributed by atoms with Gasteiger partial charge in [0.15, 0.2) is 0 Å². The first-order chi connectivity index (χ1) is 8.10. The van der Waals surface area contributed by atoms with Gasteiger partial charge >= 0.3 is 27.0 Å². The molecule has 1 aromatic rings. The van der Waals surface area contributed by atoms with E-state index in [0.29, 0.717) is 0 Å². The number of benzene rings is 1. The molecule has 4 nitrogen and oxygen atoms in total. The standard InChI is InChI=1S/C10H12N2O2S.CH3.ClH.Ru/c1-2-9-3-5-10(6-4-9)15(13,14)12-8-7-11;;;/h2-6,11H,1,7-8H2;1H3;1H;/q-2;-1;;+4/p-1. The van der Waals surface area contributed by atoms with E-state index in [2.05, 4.69) is 21.0 Å². The van der Waals surface area contributed by atoms with Crippen LogP contribution in [0, 0.1) is 7.43 Å². The van der Waals surface area contributed by atoms with E-state index in [9.17, 15) is 8.42 Å². The topological polar surface area (TPSA) is 72.0 Å². The summed E-state index contributed by atoms with van der Waals surface area (Å²) < 4.78 is 26.5. The summed E-state index contributed by atoms with van der Waals surface area (Å²) in [7, 11) is 0.992. The zero-order valence-corrected chi connectivity index (χ0v) is 13.2. The molecular formula is C11H15ClN2O2RuS. The number of hydrogen-bond acceptors (Lipinski definition) is 2. The Morgan fingerprint density at radius 3 is 2.22 bits per heavy atom. The Labute approximate surface area is 123 Å². The van der Waals surface area contributed by atoms with Crippen molar-refractivity contribution in [2.75, 3.05) is 13.1 Å². The van der Waals surface area contributed by atoms with Crippen LogP contribution in [0.2, 0.25) is 0 Å². The second-order valence-corrected chi connectivity index (χ2v) is 4.53. The van der Waals surface area contributed by atoms with Crippen LogP contribution in [0.15, 0.2) is 35.7 Å². The van der Waals surface area contributed by atoms with E-state index in [1.807, 2.05) is 17.3 Å². The molecular weight excluding hydrogens is 361 g/mol. The van der Waals surface area contributed by atoms with E-state index < -0.39 is 10.0 Å². The van der Waals surface area contributed by atoms with Crippen LogP contribution < -0.4 is 0 Å². The van der Waals surface area contributed by atoms with Crippen LogP contribution >= 0.6 is 9.69 Å². The molecule has 0 bridgehead atoms. The summed E-state index contributed by atoms with van der Waals surface area (Å²) in [6.45, 7) is 3.56. The quantitative estimate of drug-likeness (QED) is 0.582. The Morgan fingerprint density at radius 2 is 1.83 bits per heavy atom. The third-order valence-electron chi connectivity index (χ3n) is 1.79. The fourth-order valence-corrected chi connectivity index (χ4v) is 1.98. The molecule has 0 aliphatic carbocycles. The Hall–Kier alpha value is -0.257. The van der Waals surface area contributed by atoms with Crippen molar-refractivity contribution in [3.05, 3.63) is 54.3 Å². The summed E-state index contributed by atoms with van der Waals surface area (Å²) in [6.07, 6.45) is 1.64. The molecule has 0 saturated carbocycles. The van der Waals surface area contributed by atoms with Crippen molar-refractivity contribution in [2.45, 2.75) is 4.90 Å². The van der Waals surface area contributed by atoms with Crippen molar-refractivity contribution < 1.29 is 25.7 Å². The monoisotopic (exact) mass is 376 g/mol. The first kappa shape index (κ1) is 20.1. The fraction of sp³-hybridized carbons (Fsp3) is 0.182. The van der Waals surface area contributed by atoms with Gasteiger partial charge in [0.25, 0.3) is 0 Å². The van der Waals surface area contributed by atoms with Gasteiger partial charge in [-0.3, -0.25) is 0 Å². The molecule has 0 atom stereocenters. The van der Waals surface area contributed by atoms with Gasteiger partial charge in [0.2, 0.25) is 0 Å². The van der Waals surface area contributed by atoms with Gasteiger partial charge in [-0.1, -0.05) is 24.8 Å². The Bertz CT molecular complexity index is 435. The summed E-state index contributed by atoms with van der Waals surface area (Å²) in [4.78, 5) is 0.154. The van der Waals surface area contributed by atoms with Gasteiger partial charge in [0.1, 0.15) is 10.0 Å². The van der Waals surface area contributed by atoms with E-state index in [1.165, 1.54) is 12.1 Å². The molecule has 0 saturated heterocycles. The van der Waals surface area contributed by atoms with Gasteiger partial charge in [0, 0.05) is 4.90 Å². The van der Waals surface area contributed by atoms with Crippen LogP contribution in [-0.4, -0.2) is 21.5 Å². The van der Waals surface area contributed by atoms with Crippen molar-refractivity contribution >= 4 is 25.8 Å². The molecule has 0 spiro atoms. The van der Waals surface area contributed by atoms with E-state index >= 15 is 0 Å². The van der Waals surface area contributed by atoms with Crippen molar-refractivity contribution in [1.29, 1.82) is 0 Å². The van der Waals surface area contributed by atoms with Crippen LogP contribution in [0.25, 0.3) is 16.5 Å². The first-order valence-corrected chi connectivity index (χ1v) is 8.22. The molecule has 0 heterocycles. The first-order valence-electron chi connectivity index (χ1n) is 4.54. The maximum atomic E-state index is 11.5. The molecule has 1 rings (SSSR count). The molecule has 0 fully saturated rings. The third-order valence-corrected chi connectivity index (χ3v) is 3.18. The number of hydrogen-bond donors (Lipinski definition) is 0. The molecule has 102 valence electrons. The molecule has 0 unspecified atom stereocenters. The molecule has 0 aromatic heterocycles. The third kappa shape index (κ3) is 6.62. The van der Waals surface area contributed by atoms with E-state index in [4.69, 9.17) is 5.73 Å². The Morgan fingerprint density at radius 1 is 1.33 bits per heavy atom. The van der Waals surface area contributed by atoms with Gasteiger partial charge < -0.3 is 17.9 Å². The van der Waals surface area contributed by atoms with Gasteiger partial charge in [-0.2, -0.15) is 13.1 Å². The molecule has 7 heteroatoms. The summed E-state index contributed by atoms with van der Waals surface area (Å²) in [5.74, 6) is 0. The van der Waals surface area contributed by atoms with Crippen LogP contribution in [-0.2, 0) is 27.3 Å². The van der Waals surface area contributed by atoms with Crippen molar-refractivity contribution in [3.63, 3.8) is 0 Å². The van der Waals surface area contributed by atoms with E-state index in [-0.39, 0.29) is 25.4 Å². The second-order valence-electron chi connectivity index (χ2n) is 2.85. The van der Waals surface area contributed by atoms with Crippen LogP contribution in [0.4, 0.5) is 0 Å². The van der Waals surface area contributed by atoms with Crippen molar-refractivity contribution in [1.82, 2.24) is 0 Å². The average Bonchev–Trinajstić information content (AvgIpc) is 2.39. The molecule has 0 radical (unpaired) electrons. The molecule has 0 amide bonds. The average molecular weight is 376 g/mol. The SMILES string of the molecule is C=Cc1ccc(S(=O)(=O)[N-]CC[NH-])cc1.[CH3-].[Cl][Ru+3]. The molecule has 1 aromatic carbocycles. The predicted molar refractivity (Wildman–Crippen MR) is 73.4 cm³/mol. The van der Waals surface area contributed by atoms with Gasteiger partial charge in [0.05, 0.1) is 0 Å². The van der Waals surface area contributed by atoms with Crippen LogP contribution in [0.1, 0.15) is 5.56 Å². The zero-order chi connectivity index (χ0) is 13.3. The summed E-state index contributed by atoms with van der Waals surface area (Å²) in [5.41, 5.74) is 7.69. The minimum absolute atomic E-state index is 0. The predicted octanol–water partition coefficient (Wildman–Crippen LogP) is 3.58. The molecule has 0 aliphatic rings. The van der Waals surface area contributed by atoms with E-state index in [1.54, 1.807) is 18.2 Å². The van der Waals surface area contributed by atoms with Gasteiger partial charge in [-0.15, -0.1) is 0 Å². The number of sulfonamides is 1. The van der Waals surface area contributed by atoms with Gasteiger partial charge in [-0.25, -0.2) is 8.42 Å². The summed E-state index contributed by atoms with van der Waals surface area (Å²) in [6, 6.07) is 6.30. The molecule has 18 heavy (non-hydrogen) atoms. The Balaban J connectivity index is 0. The van der Waals surface area contributed by atoms with Crippen LogP contribution in [0.5, 0.6) is 0 Å². The number of rotatable bonds is 5. The van der Waals surface area contributed by atoms with Crippen LogP contribution in [0.3, 0.4) is 0 Å². The number of nitrogens with one attached hydrogen (secondary N) is 1. The second kappa shape index (κ2) is 10.6. The fourth-order valence-electron chi connectivity index (χ4n) is 1.02. The van der Waals surface area contributed by atoms with Crippen molar-refractivity contribution in [2.24, 2.45) is 0 Å². The zero-order valence-electron chi connectivity index (χ0n) is 9.91. The van der Waals surface area contributed by atoms with Gasteiger partial charge in [-0.05, 0) is 17.7 Å². The molecule has 0 aliphatic heterocycles. The van der Waals surface area contributed by atoms with Crippen molar-refractivity contribution in [3.8, 4) is 0 Å². The Kier molecular flexibility index (Phi) is 11.9. The summed E-state index contributed by atoms with van der Waals surface area (Å²) in [5, 5.41) is 0. The molecule has 1 N–H and O–H groups in total. The number of halogens is 1. The maximum absolute atomic E-state index is 11.5.